The second-order valence-electron chi connectivity index (χ2n) is 8.28. The van der Waals surface area contributed by atoms with E-state index in [0.717, 1.165) is 5.69 Å². The van der Waals surface area contributed by atoms with Crippen molar-refractivity contribution in [3.8, 4) is 11.3 Å². The summed E-state index contributed by atoms with van der Waals surface area (Å²) in [5, 5.41) is 6.53. The average Bonchev–Trinajstić information content (AvgIpc) is 3.33. The minimum atomic E-state index is -3.17. The van der Waals surface area contributed by atoms with Crippen LogP contribution in [0.25, 0.3) is 17.4 Å². The van der Waals surface area contributed by atoms with Gasteiger partial charge >= 0.3 is 0 Å². The highest BCUT2D eigenvalue weighted by atomic mass is 35.5. The molecular weight excluding hydrogens is 555 g/mol. The molecule has 1 aliphatic rings. The van der Waals surface area contributed by atoms with Gasteiger partial charge in [-0.2, -0.15) is 4.31 Å². The molecule has 1 saturated heterocycles. The zero-order chi connectivity index (χ0) is 26.6. The van der Waals surface area contributed by atoms with Crippen LogP contribution in [0.5, 0.6) is 0 Å². The highest BCUT2D eigenvalue weighted by molar-refractivity contribution is 7.88. The molecule has 194 valence electrons. The zero-order valence-corrected chi connectivity index (χ0v) is 22.9. The second-order valence-corrected chi connectivity index (χ2v) is 11.5. The molecule has 2 heterocycles. The van der Waals surface area contributed by atoms with Crippen LogP contribution in [0.15, 0.2) is 65.1 Å². The molecule has 0 bridgehead atoms. The van der Waals surface area contributed by atoms with Gasteiger partial charge in [0, 0.05) is 49.2 Å². The first-order valence-corrected chi connectivity index (χ1v) is 14.3. The Morgan fingerprint density at radius 1 is 1.03 bits per heavy atom. The Bertz CT molecular complexity index is 1430. The van der Waals surface area contributed by atoms with Crippen LogP contribution in [0, 0.1) is 0 Å². The molecule has 1 amide bonds. The summed E-state index contributed by atoms with van der Waals surface area (Å²) in [6.07, 6.45) is 4.07. The lowest BCUT2D eigenvalue weighted by Gasteiger charge is -2.34. The van der Waals surface area contributed by atoms with Crippen molar-refractivity contribution in [2.45, 2.75) is 0 Å². The number of furan rings is 1. The van der Waals surface area contributed by atoms with Gasteiger partial charge < -0.3 is 14.6 Å². The van der Waals surface area contributed by atoms with Gasteiger partial charge in [-0.3, -0.25) is 10.1 Å². The molecule has 1 fully saturated rings. The summed E-state index contributed by atoms with van der Waals surface area (Å²) in [7, 11) is -3.17. The number of nitrogens with one attached hydrogen (secondary N) is 2. The maximum atomic E-state index is 12.3. The number of carbonyl (C=O) groups excluding carboxylic acids is 1. The number of thiocarbonyl (C=S) groups is 1. The number of carbonyl (C=O) groups is 1. The summed E-state index contributed by atoms with van der Waals surface area (Å²) < 4.78 is 30.6. The Morgan fingerprint density at radius 2 is 1.73 bits per heavy atom. The third kappa shape index (κ3) is 7.12. The van der Waals surface area contributed by atoms with Crippen LogP contribution in [0.1, 0.15) is 5.76 Å². The molecule has 0 atom stereocenters. The summed E-state index contributed by atoms with van der Waals surface area (Å²) in [6, 6.07) is 16.3. The molecular formula is C25H24Cl2N4O4S2. The number of hydrogen-bond donors (Lipinski definition) is 2. The molecule has 0 unspecified atom stereocenters. The first-order valence-electron chi connectivity index (χ1n) is 11.2. The molecule has 0 aliphatic carbocycles. The lowest BCUT2D eigenvalue weighted by Crippen LogP contribution is -2.48. The van der Waals surface area contributed by atoms with E-state index < -0.39 is 15.9 Å². The minimum Gasteiger partial charge on any atom is -0.457 e. The third-order valence-corrected chi connectivity index (χ3v) is 8.00. The Balaban J connectivity index is 1.27. The molecule has 3 aromatic rings. The summed E-state index contributed by atoms with van der Waals surface area (Å²) >= 11 is 17.5. The van der Waals surface area contributed by atoms with Crippen LogP contribution < -0.4 is 15.5 Å². The highest BCUT2D eigenvalue weighted by Gasteiger charge is 2.23. The van der Waals surface area contributed by atoms with E-state index in [9.17, 15) is 13.2 Å². The fourth-order valence-corrected chi connectivity index (χ4v) is 5.23. The smallest absolute Gasteiger partial charge is 0.250 e. The van der Waals surface area contributed by atoms with E-state index in [1.807, 2.05) is 24.3 Å². The number of hydrogen-bond acceptors (Lipinski definition) is 6. The van der Waals surface area contributed by atoms with Crippen molar-refractivity contribution >= 4 is 73.9 Å². The van der Waals surface area contributed by atoms with Crippen LogP contribution in [-0.2, 0) is 14.8 Å². The average molecular weight is 580 g/mol. The molecule has 2 N–H and O–H groups in total. The molecule has 0 radical (unpaired) electrons. The number of piperazine rings is 1. The van der Waals surface area contributed by atoms with Crippen molar-refractivity contribution in [2.24, 2.45) is 0 Å². The molecule has 0 spiro atoms. The molecule has 1 aromatic heterocycles. The second kappa shape index (κ2) is 11.7. The number of sulfonamides is 1. The van der Waals surface area contributed by atoms with E-state index in [-0.39, 0.29) is 5.11 Å². The van der Waals surface area contributed by atoms with Gasteiger partial charge in [0.25, 0.3) is 0 Å². The predicted octanol–water partition coefficient (Wildman–Crippen LogP) is 4.86. The van der Waals surface area contributed by atoms with E-state index in [1.165, 1.54) is 22.7 Å². The first-order chi connectivity index (χ1) is 17.6. The van der Waals surface area contributed by atoms with Crippen LogP contribution in [-0.4, -0.2) is 56.2 Å². The molecule has 2 aromatic carbocycles. The van der Waals surface area contributed by atoms with Gasteiger partial charge in [-0.25, -0.2) is 8.42 Å². The highest BCUT2D eigenvalue weighted by Crippen LogP contribution is 2.34. The van der Waals surface area contributed by atoms with Gasteiger partial charge in [0.05, 0.1) is 16.3 Å². The summed E-state index contributed by atoms with van der Waals surface area (Å²) in [4.78, 5) is 14.4. The molecule has 0 saturated carbocycles. The van der Waals surface area contributed by atoms with Crippen molar-refractivity contribution in [1.82, 2.24) is 9.62 Å². The number of nitrogens with zero attached hydrogens (tertiary/aromatic N) is 2. The Labute approximate surface area is 230 Å². The number of halogens is 2. The lowest BCUT2D eigenvalue weighted by molar-refractivity contribution is -0.115. The van der Waals surface area contributed by atoms with Crippen molar-refractivity contribution in [1.29, 1.82) is 0 Å². The van der Waals surface area contributed by atoms with E-state index in [2.05, 4.69) is 15.5 Å². The number of anilines is 2. The van der Waals surface area contributed by atoms with Crippen LogP contribution in [0.3, 0.4) is 0 Å². The van der Waals surface area contributed by atoms with E-state index in [1.54, 1.807) is 30.3 Å². The van der Waals surface area contributed by atoms with Gasteiger partial charge in [-0.05, 0) is 66.8 Å². The van der Waals surface area contributed by atoms with Crippen LogP contribution in [0.2, 0.25) is 10.0 Å². The zero-order valence-electron chi connectivity index (χ0n) is 19.8. The van der Waals surface area contributed by atoms with E-state index in [4.69, 9.17) is 39.8 Å². The Kier molecular flexibility index (Phi) is 8.56. The monoisotopic (exact) mass is 578 g/mol. The topological polar surface area (TPSA) is 94.9 Å². The van der Waals surface area contributed by atoms with Gasteiger partial charge in [0.15, 0.2) is 5.11 Å². The van der Waals surface area contributed by atoms with Gasteiger partial charge in [-0.15, -0.1) is 0 Å². The Morgan fingerprint density at radius 3 is 2.41 bits per heavy atom. The van der Waals surface area contributed by atoms with E-state index in [0.29, 0.717) is 59.0 Å². The van der Waals surface area contributed by atoms with E-state index >= 15 is 0 Å². The maximum absolute atomic E-state index is 12.3. The molecule has 4 rings (SSSR count). The number of rotatable bonds is 6. The van der Waals surface area contributed by atoms with Crippen molar-refractivity contribution in [3.63, 3.8) is 0 Å². The molecule has 8 nitrogen and oxygen atoms in total. The SMILES string of the molecule is CS(=O)(=O)N1CCN(c2ccc(NC(=S)NC(=O)C=Cc3ccc(-c4cccc(Cl)c4Cl)o3)cc2)CC1. The minimum absolute atomic E-state index is 0.148. The third-order valence-electron chi connectivity index (χ3n) is 5.68. The van der Waals surface area contributed by atoms with Gasteiger partial charge in [0.2, 0.25) is 15.9 Å². The number of benzene rings is 2. The van der Waals surface area contributed by atoms with Crippen LogP contribution in [0.4, 0.5) is 11.4 Å². The Hall–Kier alpha value is -2.89. The van der Waals surface area contributed by atoms with Gasteiger partial charge in [-0.1, -0.05) is 29.3 Å². The largest absolute Gasteiger partial charge is 0.457 e. The summed E-state index contributed by atoms with van der Waals surface area (Å²) in [5.41, 5.74) is 2.35. The predicted molar refractivity (Wildman–Crippen MR) is 153 cm³/mol. The fourth-order valence-electron chi connectivity index (χ4n) is 3.79. The maximum Gasteiger partial charge on any atom is 0.250 e. The van der Waals surface area contributed by atoms with Crippen LogP contribution >= 0.6 is 35.4 Å². The van der Waals surface area contributed by atoms with Gasteiger partial charge in [0.1, 0.15) is 11.5 Å². The quantitative estimate of drug-likeness (QED) is 0.318. The van der Waals surface area contributed by atoms with Crippen molar-refractivity contribution < 1.29 is 17.6 Å². The molecule has 1 aliphatic heterocycles. The van der Waals surface area contributed by atoms with Crippen molar-refractivity contribution in [2.75, 3.05) is 42.7 Å². The fraction of sp³-hybridized carbons (Fsp3) is 0.200. The summed E-state index contributed by atoms with van der Waals surface area (Å²) in [6.45, 7) is 2.14. The lowest BCUT2D eigenvalue weighted by atomic mass is 10.2. The normalized spacial score (nSPS) is 14.6. The standard InChI is InChI=1S/C25H24Cl2N4O4S2/c1-37(33,34)31-15-13-30(14-16-31)18-7-5-17(6-8-18)28-25(36)29-23(32)12-10-19-9-11-22(35-19)20-3-2-4-21(26)24(20)27/h2-12H,13-16H2,1H3,(H2,28,29,32,36). The first kappa shape index (κ1) is 27.2. The number of amides is 1. The van der Waals surface area contributed by atoms with Crippen molar-refractivity contribution in [3.05, 3.63) is 76.5 Å². The molecule has 37 heavy (non-hydrogen) atoms. The summed E-state index contributed by atoms with van der Waals surface area (Å²) in [5.74, 6) is 0.579. The molecule has 12 heteroatoms.